The number of aromatic nitrogens is 3. The van der Waals surface area contributed by atoms with Crippen LogP contribution in [0, 0.1) is 13.8 Å². The Morgan fingerprint density at radius 1 is 1.15 bits per heavy atom. The van der Waals surface area contributed by atoms with Crippen LogP contribution in [0.25, 0.3) is 5.82 Å². The lowest BCUT2D eigenvalue weighted by Gasteiger charge is -2.05. The van der Waals surface area contributed by atoms with Crippen LogP contribution in [0.1, 0.15) is 11.4 Å². The van der Waals surface area contributed by atoms with E-state index in [0.29, 0.717) is 0 Å². The van der Waals surface area contributed by atoms with E-state index in [2.05, 4.69) is 9.97 Å². The molecule has 2 heterocycles. The molecule has 0 atom stereocenters. The maximum atomic E-state index is 4.30. The molecule has 0 saturated carbocycles. The smallest absolute Gasteiger partial charge is 0.140 e. The Kier molecular flexibility index (Phi) is 1.85. The van der Waals surface area contributed by atoms with Crippen LogP contribution in [-0.4, -0.2) is 14.5 Å². The molecule has 0 aliphatic heterocycles. The van der Waals surface area contributed by atoms with E-state index in [9.17, 15) is 0 Å². The molecule has 0 N–H and O–H groups in total. The van der Waals surface area contributed by atoms with E-state index in [1.54, 1.807) is 12.4 Å². The summed E-state index contributed by atoms with van der Waals surface area (Å²) in [6.07, 6.45) is 5.50. The van der Waals surface area contributed by atoms with Crippen molar-refractivity contribution in [3.8, 4) is 5.82 Å². The average Bonchev–Trinajstić information content (AvgIpc) is 2.52. The number of imidazole rings is 1. The van der Waals surface area contributed by atoms with Crippen LogP contribution in [0.3, 0.4) is 0 Å². The van der Waals surface area contributed by atoms with Gasteiger partial charge in [0.15, 0.2) is 0 Å². The van der Waals surface area contributed by atoms with Gasteiger partial charge in [0, 0.05) is 18.6 Å². The Balaban J connectivity index is 2.59. The third-order valence-electron chi connectivity index (χ3n) is 2.04. The number of nitrogens with zero attached hydrogens (tertiary/aromatic N) is 3. The maximum Gasteiger partial charge on any atom is 0.140 e. The van der Waals surface area contributed by atoms with Crippen molar-refractivity contribution in [3.05, 3.63) is 42.1 Å². The van der Waals surface area contributed by atoms with Crippen LogP contribution in [0.4, 0.5) is 0 Å². The zero-order valence-corrected chi connectivity index (χ0v) is 7.73. The van der Waals surface area contributed by atoms with Crippen molar-refractivity contribution in [1.82, 2.24) is 14.5 Å². The summed E-state index contributed by atoms with van der Waals surface area (Å²) in [6.45, 7) is 4.01. The van der Waals surface area contributed by atoms with Crippen molar-refractivity contribution in [3.63, 3.8) is 0 Å². The van der Waals surface area contributed by atoms with Gasteiger partial charge in [-0.3, -0.25) is 4.57 Å². The van der Waals surface area contributed by atoms with Crippen molar-refractivity contribution in [2.24, 2.45) is 0 Å². The Morgan fingerprint density at radius 2 is 2.00 bits per heavy atom. The van der Waals surface area contributed by atoms with E-state index in [1.165, 1.54) is 0 Å². The van der Waals surface area contributed by atoms with E-state index >= 15 is 0 Å². The minimum absolute atomic E-state index is 0.956. The minimum Gasteiger partial charge on any atom is -0.288 e. The predicted octanol–water partition coefficient (Wildman–Crippen LogP) is 1.88. The monoisotopic (exact) mass is 173 g/mol. The highest BCUT2D eigenvalue weighted by Gasteiger charge is 2.03. The van der Waals surface area contributed by atoms with Gasteiger partial charge in [0.1, 0.15) is 11.6 Å². The van der Waals surface area contributed by atoms with Gasteiger partial charge in [-0.25, -0.2) is 9.97 Å². The second-order valence-corrected chi connectivity index (χ2v) is 2.99. The SMILES string of the molecule is Cc1cccnc1-n1ccnc1C. The van der Waals surface area contributed by atoms with E-state index in [4.69, 9.17) is 0 Å². The molecule has 0 unspecified atom stereocenters. The summed E-state index contributed by atoms with van der Waals surface area (Å²) in [4.78, 5) is 8.46. The van der Waals surface area contributed by atoms with E-state index < -0.39 is 0 Å². The fraction of sp³-hybridized carbons (Fsp3) is 0.200. The third kappa shape index (κ3) is 1.33. The molecule has 0 aromatic carbocycles. The molecule has 0 saturated heterocycles. The molecular weight excluding hydrogens is 162 g/mol. The first-order valence-electron chi connectivity index (χ1n) is 4.21. The van der Waals surface area contributed by atoms with Gasteiger partial charge in [-0.15, -0.1) is 0 Å². The summed E-state index contributed by atoms with van der Waals surface area (Å²) in [6, 6.07) is 3.98. The molecule has 2 aromatic rings. The van der Waals surface area contributed by atoms with E-state index in [1.807, 2.05) is 36.7 Å². The molecule has 0 amide bonds. The quantitative estimate of drug-likeness (QED) is 0.659. The second kappa shape index (κ2) is 3.01. The fourth-order valence-electron chi connectivity index (χ4n) is 1.33. The second-order valence-electron chi connectivity index (χ2n) is 2.99. The third-order valence-corrected chi connectivity index (χ3v) is 2.04. The van der Waals surface area contributed by atoms with Crippen molar-refractivity contribution in [2.75, 3.05) is 0 Å². The Hall–Kier alpha value is -1.64. The zero-order valence-electron chi connectivity index (χ0n) is 7.73. The van der Waals surface area contributed by atoms with Gasteiger partial charge in [0.25, 0.3) is 0 Å². The minimum atomic E-state index is 0.956. The van der Waals surface area contributed by atoms with Crippen molar-refractivity contribution >= 4 is 0 Å². The summed E-state index contributed by atoms with van der Waals surface area (Å²) >= 11 is 0. The van der Waals surface area contributed by atoms with Gasteiger partial charge < -0.3 is 0 Å². The molecule has 0 bridgehead atoms. The van der Waals surface area contributed by atoms with Gasteiger partial charge >= 0.3 is 0 Å². The molecule has 0 aliphatic carbocycles. The number of rotatable bonds is 1. The average molecular weight is 173 g/mol. The number of hydrogen-bond donors (Lipinski definition) is 0. The first-order chi connectivity index (χ1) is 6.29. The molecule has 2 aromatic heterocycles. The molecular formula is C10H11N3. The van der Waals surface area contributed by atoms with Crippen LogP contribution in [-0.2, 0) is 0 Å². The van der Waals surface area contributed by atoms with Crippen molar-refractivity contribution in [1.29, 1.82) is 0 Å². The molecule has 3 nitrogen and oxygen atoms in total. The summed E-state index contributed by atoms with van der Waals surface area (Å²) in [5, 5.41) is 0. The fourth-order valence-corrected chi connectivity index (χ4v) is 1.33. The van der Waals surface area contributed by atoms with Crippen molar-refractivity contribution < 1.29 is 0 Å². The lowest BCUT2D eigenvalue weighted by atomic mass is 10.3. The molecule has 0 aliphatic rings. The molecule has 3 heteroatoms. The predicted molar refractivity (Wildman–Crippen MR) is 50.8 cm³/mol. The summed E-state index contributed by atoms with van der Waals surface area (Å²) in [7, 11) is 0. The van der Waals surface area contributed by atoms with Crippen LogP contribution < -0.4 is 0 Å². The van der Waals surface area contributed by atoms with Crippen LogP contribution in [0.5, 0.6) is 0 Å². The Morgan fingerprint density at radius 3 is 2.62 bits per heavy atom. The molecule has 0 fully saturated rings. The summed E-state index contributed by atoms with van der Waals surface area (Å²) in [5.74, 6) is 1.92. The van der Waals surface area contributed by atoms with E-state index in [0.717, 1.165) is 17.2 Å². The van der Waals surface area contributed by atoms with Crippen LogP contribution >= 0.6 is 0 Å². The molecule has 2 rings (SSSR count). The largest absolute Gasteiger partial charge is 0.288 e. The van der Waals surface area contributed by atoms with Crippen LogP contribution in [0.2, 0.25) is 0 Å². The standard InChI is InChI=1S/C10H11N3/c1-8-4-3-5-12-10(8)13-7-6-11-9(13)2/h3-7H,1-2H3. The molecule has 0 radical (unpaired) electrons. The van der Waals surface area contributed by atoms with Crippen LogP contribution in [0.15, 0.2) is 30.7 Å². The lowest BCUT2D eigenvalue weighted by molar-refractivity contribution is 0.920. The number of hydrogen-bond acceptors (Lipinski definition) is 2. The number of aryl methyl sites for hydroxylation is 2. The molecule has 0 spiro atoms. The van der Waals surface area contributed by atoms with E-state index in [-0.39, 0.29) is 0 Å². The number of pyridine rings is 1. The maximum absolute atomic E-state index is 4.30. The highest BCUT2D eigenvalue weighted by Crippen LogP contribution is 2.11. The highest BCUT2D eigenvalue weighted by molar-refractivity contribution is 5.33. The first kappa shape index (κ1) is 7.98. The Bertz CT molecular complexity index is 418. The first-order valence-corrected chi connectivity index (χ1v) is 4.21. The van der Waals surface area contributed by atoms with Gasteiger partial charge in [-0.2, -0.15) is 0 Å². The van der Waals surface area contributed by atoms with Gasteiger partial charge in [0.2, 0.25) is 0 Å². The molecule has 13 heavy (non-hydrogen) atoms. The van der Waals surface area contributed by atoms with Crippen molar-refractivity contribution in [2.45, 2.75) is 13.8 Å². The zero-order chi connectivity index (χ0) is 9.26. The normalized spacial score (nSPS) is 10.3. The highest BCUT2D eigenvalue weighted by atomic mass is 15.1. The van der Waals surface area contributed by atoms with Gasteiger partial charge in [-0.05, 0) is 25.5 Å². The van der Waals surface area contributed by atoms with Gasteiger partial charge in [-0.1, -0.05) is 6.07 Å². The summed E-state index contributed by atoms with van der Waals surface area (Å²) < 4.78 is 1.98. The summed E-state index contributed by atoms with van der Waals surface area (Å²) in [5.41, 5.74) is 1.16. The van der Waals surface area contributed by atoms with Gasteiger partial charge in [0.05, 0.1) is 0 Å². The topological polar surface area (TPSA) is 30.7 Å². The Labute approximate surface area is 77.1 Å². The lowest BCUT2D eigenvalue weighted by Crippen LogP contribution is -2.00. The molecule has 66 valence electrons.